The number of carbonyl (C=O) groups is 1. The summed E-state index contributed by atoms with van der Waals surface area (Å²) in [6.45, 7) is 2.92. The first-order valence-electron chi connectivity index (χ1n) is 6.41. The molecule has 1 unspecified atom stereocenters. The number of halogens is 3. The molecule has 0 aromatic carbocycles. The van der Waals surface area contributed by atoms with Gasteiger partial charge in [0.05, 0.1) is 0 Å². The first kappa shape index (κ1) is 16.1. The predicted octanol–water partition coefficient (Wildman–Crippen LogP) is 2.31. The first-order chi connectivity index (χ1) is 8.48. The maximum absolute atomic E-state index is 12.4. The third kappa shape index (κ3) is 5.71. The van der Waals surface area contributed by atoms with Crippen LogP contribution in [-0.2, 0) is 4.74 Å². The minimum atomic E-state index is -4.82. The Balaban J connectivity index is 2.53. The Hall–Kier alpha value is -0.915. The van der Waals surface area contributed by atoms with Gasteiger partial charge in [0.1, 0.15) is 5.60 Å². The van der Waals surface area contributed by atoms with Crippen LogP contribution in [0.2, 0.25) is 0 Å². The molecule has 19 heavy (non-hydrogen) atoms. The quantitative estimate of drug-likeness (QED) is 0.728. The van der Waals surface area contributed by atoms with E-state index in [0.29, 0.717) is 0 Å². The molecule has 1 saturated heterocycles. The predicted molar refractivity (Wildman–Crippen MR) is 67.9 cm³/mol. The Labute approximate surface area is 111 Å². The van der Waals surface area contributed by atoms with Crippen molar-refractivity contribution in [1.29, 1.82) is 0 Å². The minimum absolute atomic E-state index is 0.223. The van der Waals surface area contributed by atoms with Crippen molar-refractivity contribution in [3.8, 4) is 0 Å². The van der Waals surface area contributed by atoms with E-state index in [1.54, 1.807) is 27.7 Å². The molecular weight excluding hydrogens is 260 g/mol. The van der Waals surface area contributed by atoms with Crippen molar-refractivity contribution in [2.75, 3.05) is 26.1 Å². The van der Waals surface area contributed by atoms with Crippen LogP contribution in [0.25, 0.3) is 0 Å². The molecular formula is C11H21BF3N2O2-. The van der Waals surface area contributed by atoms with Gasteiger partial charge in [-0.2, -0.15) is 0 Å². The molecule has 0 N–H and O–H groups in total. The summed E-state index contributed by atoms with van der Waals surface area (Å²) in [6, 6.07) is -0.276. The Morgan fingerprint density at radius 3 is 2.32 bits per heavy atom. The van der Waals surface area contributed by atoms with Crippen LogP contribution in [0, 0.1) is 0 Å². The highest BCUT2D eigenvalue weighted by molar-refractivity contribution is 6.58. The summed E-state index contributed by atoms with van der Waals surface area (Å²) in [7, 11) is 0. The highest BCUT2D eigenvalue weighted by atomic mass is 19.4. The summed E-state index contributed by atoms with van der Waals surface area (Å²) in [5.74, 6) is 0. The average molecular weight is 281 g/mol. The molecule has 0 saturated carbocycles. The molecule has 1 rings (SSSR count). The minimum Gasteiger partial charge on any atom is -0.448 e. The van der Waals surface area contributed by atoms with Crippen LogP contribution < -0.4 is 0 Å². The fraction of sp³-hybridized carbons (Fsp3) is 0.909. The fourth-order valence-electron chi connectivity index (χ4n) is 2.08. The third-order valence-corrected chi connectivity index (χ3v) is 2.80. The average Bonchev–Trinajstić information content (AvgIpc) is 2.11. The molecule has 0 bridgehead atoms. The van der Waals surface area contributed by atoms with Gasteiger partial charge in [-0.3, -0.25) is 0 Å². The van der Waals surface area contributed by atoms with Gasteiger partial charge in [-0.15, -0.1) is 0 Å². The maximum atomic E-state index is 12.4. The number of piperazine rings is 1. The second kappa shape index (κ2) is 5.60. The molecule has 8 heteroatoms. The summed E-state index contributed by atoms with van der Waals surface area (Å²) in [6.07, 6.45) is -1.33. The van der Waals surface area contributed by atoms with E-state index < -0.39 is 25.1 Å². The van der Waals surface area contributed by atoms with E-state index in [4.69, 9.17) is 4.74 Å². The van der Waals surface area contributed by atoms with Gasteiger partial charge < -0.3 is 27.5 Å². The van der Waals surface area contributed by atoms with Gasteiger partial charge in [-0.05, 0) is 34.1 Å². The molecule has 4 nitrogen and oxygen atoms in total. The lowest BCUT2D eigenvalue weighted by Crippen LogP contribution is -2.57. The van der Waals surface area contributed by atoms with Crippen LogP contribution in [0.1, 0.15) is 27.7 Å². The number of hydrogen-bond donors (Lipinski definition) is 0. The molecule has 112 valence electrons. The van der Waals surface area contributed by atoms with E-state index in [2.05, 4.69) is 0 Å². The number of nitrogens with zero attached hydrogens (tertiary/aromatic N) is 2. The molecule has 0 aromatic rings. The van der Waals surface area contributed by atoms with Crippen LogP contribution in [0.5, 0.6) is 0 Å². The normalized spacial score (nSPS) is 22.5. The Morgan fingerprint density at radius 1 is 1.32 bits per heavy atom. The van der Waals surface area contributed by atoms with Crippen molar-refractivity contribution in [2.45, 2.75) is 39.3 Å². The summed E-state index contributed by atoms with van der Waals surface area (Å²) in [5.41, 5.74) is -0.594. The Bertz CT molecular complexity index is 331. The van der Waals surface area contributed by atoms with Gasteiger partial charge >= 0.3 is 13.1 Å². The largest absolute Gasteiger partial charge is 0.492 e. The van der Waals surface area contributed by atoms with Crippen LogP contribution >= 0.6 is 0 Å². The second-order valence-corrected chi connectivity index (χ2v) is 5.99. The topological polar surface area (TPSA) is 32.8 Å². The lowest BCUT2D eigenvalue weighted by molar-refractivity contribution is 0.00272. The molecule has 1 atom stereocenters. The van der Waals surface area contributed by atoms with E-state index >= 15 is 0 Å². The van der Waals surface area contributed by atoms with Crippen molar-refractivity contribution >= 4 is 13.1 Å². The van der Waals surface area contributed by atoms with Gasteiger partial charge in [-0.25, -0.2) is 4.79 Å². The van der Waals surface area contributed by atoms with Gasteiger partial charge in [0.15, 0.2) is 0 Å². The van der Waals surface area contributed by atoms with Gasteiger partial charge in [0, 0.05) is 25.7 Å². The number of rotatable bonds is 2. The molecule has 0 spiro atoms. The lowest BCUT2D eigenvalue weighted by Gasteiger charge is -2.41. The van der Waals surface area contributed by atoms with E-state index in [0.717, 1.165) is 0 Å². The fourth-order valence-corrected chi connectivity index (χ4v) is 2.08. The van der Waals surface area contributed by atoms with E-state index in [9.17, 15) is 17.7 Å². The molecule has 0 aliphatic carbocycles. The maximum Gasteiger partial charge on any atom is 0.492 e. The number of amides is 1. The molecule has 1 amide bonds. The van der Waals surface area contributed by atoms with E-state index in [1.807, 2.05) is 0 Å². The Kier molecular flexibility index (Phi) is 4.76. The number of carbonyl (C=O) groups excluding carboxylic acids is 1. The van der Waals surface area contributed by atoms with Crippen LogP contribution in [0.3, 0.4) is 0 Å². The SMILES string of the molecule is CC1CN(C[B-](F)(F)F)CCN1C(=O)OC(C)(C)C. The molecule has 1 aliphatic heterocycles. The summed E-state index contributed by atoms with van der Waals surface area (Å²) in [4.78, 5) is 14.7. The monoisotopic (exact) mass is 281 g/mol. The number of hydrogen-bond acceptors (Lipinski definition) is 3. The molecule has 0 radical (unpaired) electrons. The Morgan fingerprint density at radius 2 is 1.89 bits per heavy atom. The van der Waals surface area contributed by atoms with Crippen molar-refractivity contribution in [2.24, 2.45) is 0 Å². The van der Waals surface area contributed by atoms with Gasteiger partial charge in [0.25, 0.3) is 0 Å². The second-order valence-electron chi connectivity index (χ2n) is 5.99. The van der Waals surface area contributed by atoms with E-state index in [-0.39, 0.29) is 25.7 Å². The highest BCUT2D eigenvalue weighted by Crippen LogP contribution is 2.18. The van der Waals surface area contributed by atoms with Gasteiger partial charge in [-0.1, -0.05) is 0 Å². The van der Waals surface area contributed by atoms with Crippen molar-refractivity contribution in [1.82, 2.24) is 9.80 Å². The van der Waals surface area contributed by atoms with Crippen LogP contribution in [0.15, 0.2) is 0 Å². The van der Waals surface area contributed by atoms with Crippen molar-refractivity contribution in [3.05, 3.63) is 0 Å². The first-order valence-corrected chi connectivity index (χ1v) is 6.41. The number of ether oxygens (including phenoxy) is 1. The zero-order chi connectivity index (χ0) is 14.8. The van der Waals surface area contributed by atoms with E-state index in [1.165, 1.54) is 9.80 Å². The summed E-state index contributed by atoms with van der Waals surface area (Å²) in [5, 5.41) is 0. The summed E-state index contributed by atoms with van der Waals surface area (Å²) >= 11 is 0. The smallest absolute Gasteiger partial charge is 0.448 e. The molecule has 1 fully saturated rings. The van der Waals surface area contributed by atoms with Gasteiger partial charge in [0.2, 0.25) is 0 Å². The zero-order valence-electron chi connectivity index (χ0n) is 11.8. The third-order valence-electron chi connectivity index (χ3n) is 2.80. The van der Waals surface area contributed by atoms with Crippen LogP contribution in [-0.4, -0.2) is 60.6 Å². The van der Waals surface area contributed by atoms with Crippen molar-refractivity contribution in [3.63, 3.8) is 0 Å². The van der Waals surface area contributed by atoms with Crippen molar-refractivity contribution < 1.29 is 22.5 Å². The standard InChI is InChI=1S/C11H21BF3N2O2/c1-9-7-16(8-12(13,14)15)5-6-17(9)10(18)19-11(2,3)4/h9H,5-8H2,1-4H3/q-1. The molecule has 0 aromatic heterocycles. The molecule has 1 aliphatic rings. The molecule has 1 heterocycles. The summed E-state index contributed by atoms with van der Waals surface area (Å²) < 4.78 is 42.3. The highest BCUT2D eigenvalue weighted by Gasteiger charge is 2.34. The lowest BCUT2D eigenvalue weighted by atomic mass is 9.90. The van der Waals surface area contributed by atoms with Crippen LogP contribution in [0.4, 0.5) is 17.7 Å². The zero-order valence-corrected chi connectivity index (χ0v) is 11.8.